The molecule has 3 nitrogen and oxygen atoms in total. The number of ether oxygens (including phenoxy) is 1. The Balaban J connectivity index is -0.0000000405. The number of esters is 1. The summed E-state index contributed by atoms with van der Waals surface area (Å²) in [6.07, 6.45) is 0. The second-order valence-corrected chi connectivity index (χ2v) is 2.76. The third kappa shape index (κ3) is 13.8. The molecule has 0 unspecified atom stereocenters. The summed E-state index contributed by atoms with van der Waals surface area (Å²) in [6.45, 7) is 3.95. The van der Waals surface area contributed by atoms with Gasteiger partial charge in [-0.15, -0.1) is 0 Å². The van der Waals surface area contributed by atoms with Crippen molar-refractivity contribution in [3.63, 3.8) is 0 Å². The van der Waals surface area contributed by atoms with Gasteiger partial charge in [0.1, 0.15) is 0 Å². The summed E-state index contributed by atoms with van der Waals surface area (Å²) in [5, 5.41) is 7.08. The van der Waals surface area contributed by atoms with E-state index in [4.69, 9.17) is 5.41 Å². The first-order valence-electron chi connectivity index (χ1n) is 3.10. The molecular formula is C6H15F4NO2S. The van der Waals surface area contributed by atoms with Crippen molar-refractivity contribution in [3.05, 3.63) is 0 Å². The number of nitrogens with one attached hydrogen (secondary N) is 1. The Morgan fingerprint density at radius 1 is 1.36 bits per heavy atom. The van der Waals surface area contributed by atoms with Gasteiger partial charge in [-0.1, -0.05) is 18.7 Å². The van der Waals surface area contributed by atoms with Gasteiger partial charge in [0.25, 0.3) is 0 Å². The van der Waals surface area contributed by atoms with Gasteiger partial charge < -0.3 is 9.44 Å². The highest BCUT2D eigenvalue weighted by atomic mass is 32.2. The van der Waals surface area contributed by atoms with E-state index < -0.39 is 5.97 Å². The van der Waals surface area contributed by atoms with Crippen molar-refractivity contribution in [2.24, 2.45) is 0 Å². The summed E-state index contributed by atoms with van der Waals surface area (Å²) in [6, 6.07) is 0. The van der Waals surface area contributed by atoms with E-state index in [1.165, 1.54) is 11.8 Å². The molecule has 0 saturated heterocycles. The molecule has 0 aromatic heterocycles. The average Bonchev–Trinajstić information content (AvgIpc) is 1.89. The van der Waals surface area contributed by atoms with Crippen molar-refractivity contribution < 1.29 is 29.8 Å². The minimum atomic E-state index is -0.519. The van der Waals surface area contributed by atoms with E-state index in [1.54, 1.807) is 6.92 Å². The molecule has 0 aliphatic carbocycles. The van der Waals surface area contributed by atoms with Gasteiger partial charge in [0.2, 0.25) is 0 Å². The molecule has 0 aliphatic rings. The standard InChI is InChI=1S/C6H11NO2S.4FH/c1-3-9-6(8)5(7)10-4-2;;;;/h7H,3-4H2,1-2H3;4*1H. The summed E-state index contributed by atoms with van der Waals surface area (Å²) < 4.78 is 4.57. The Morgan fingerprint density at radius 2 is 1.79 bits per heavy atom. The number of thioether (sulfide) groups is 1. The van der Waals surface area contributed by atoms with Gasteiger partial charge in [-0.05, 0) is 12.7 Å². The lowest BCUT2D eigenvalue weighted by Crippen LogP contribution is -3.00. The van der Waals surface area contributed by atoms with Gasteiger partial charge >= 0.3 is 7.40 Å². The highest BCUT2D eigenvalue weighted by Gasteiger charge is 2.08. The second kappa shape index (κ2) is 18.1. The third-order valence-electron chi connectivity index (χ3n) is 0.750. The molecule has 0 amide bonds. The van der Waals surface area contributed by atoms with Crippen LogP contribution in [-0.4, -0.2) is 23.4 Å². The minimum Gasteiger partial charge on any atom is -1.00 e. The Kier molecular flexibility index (Phi) is 37.8. The zero-order chi connectivity index (χ0) is 7.98. The van der Waals surface area contributed by atoms with Crippen LogP contribution in [0.1, 0.15) is 15.3 Å². The monoisotopic (exact) mass is 241 g/mol. The molecule has 0 atom stereocenters. The Morgan fingerprint density at radius 3 is 2.07 bits per heavy atom. The summed E-state index contributed by atoms with van der Waals surface area (Å²) in [7, 11) is 0. The van der Waals surface area contributed by atoms with Crippen molar-refractivity contribution in [3.8, 4) is 0 Å². The first kappa shape index (κ1) is 29.2. The number of carbonyl (C=O) groups excluding carboxylic acids is 1. The summed E-state index contributed by atoms with van der Waals surface area (Å²) in [5.41, 5.74) is 0. The quantitative estimate of drug-likeness (QED) is 0.287. The molecule has 0 bridgehead atoms. The van der Waals surface area contributed by atoms with Crippen molar-refractivity contribution in [2.75, 3.05) is 12.4 Å². The molecule has 90 valence electrons. The molecule has 0 aliphatic heterocycles. The Labute approximate surface area is 85.0 Å². The molecule has 0 spiro atoms. The fraction of sp³-hybridized carbons (Fsp3) is 0.667. The Hall–Kier alpha value is -0.790. The molecule has 8 heteroatoms. The lowest BCUT2D eigenvalue weighted by Gasteiger charge is -1.99. The summed E-state index contributed by atoms with van der Waals surface area (Å²) >= 11 is 1.19. The first-order valence-corrected chi connectivity index (χ1v) is 4.09. The maximum absolute atomic E-state index is 10.7. The lowest BCUT2D eigenvalue weighted by molar-refractivity contribution is -0.134. The van der Waals surface area contributed by atoms with Crippen LogP contribution in [0.15, 0.2) is 0 Å². The van der Waals surface area contributed by atoms with E-state index in [9.17, 15) is 4.79 Å². The normalized spacial score (nSPS) is 6.43. The van der Waals surface area contributed by atoms with Gasteiger partial charge in [0.05, 0.1) is 6.61 Å². The van der Waals surface area contributed by atoms with Crippen LogP contribution in [0.2, 0.25) is 0 Å². The Bertz CT molecular complexity index is 137. The van der Waals surface area contributed by atoms with Crippen LogP contribution in [0.4, 0.5) is 14.1 Å². The minimum absolute atomic E-state index is 0. The van der Waals surface area contributed by atoms with Crippen LogP contribution in [0.5, 0.6) is 0 Å². The zero-order valence-corrected chi connectivity index (χ0v) is 8.56. The first-order chi connectivity index (χ1) is 4.72. The van der Waals surface area contributed by atoms with Crippen molar-refractivity contribution >= 4 is 22.8 Å². The van der Waals surface area contributed by atoms with E-state index in [0.29, 0.717) is 6.61 Å². The summed E-state index contributed by atoms with van der Waals surface area (Å²) in [4.78, 5) is 10.7. The van der Waals surface area contributed by atoms with Gasteiger partial charge in [0, 0.05) is 0 Å². The number of hydrogen-bond acceptors (Lipinski definition) is 4. The predicted octanol–water partition coefficient (Wildman–Crippen LogP) is -1.15. The van der Waals surface area contributed by atoms with Gasteiger partial charge in [0.15, 0.2) is 5.04 Å². The van der Waals surface area contributed by atoms with E-state index in [2.05, 4.69) is 4.74 Å². The fourth-order valence-corrected chi connectivity index (χ4v) is 0.865. The molecule has 0 radical (unpaired) electrons. The van der Waals surface area contributed by atoms with E-state index >= 15 is 0 Å². The molecule has 0 aromatic rings. The van der Waals surface area contributed by atoms with Gasteiger partial charge in [-0.3, -0.25) is 19.5 Å². The van der Waals surface area contributed by atoms with Crippen molar-refractivity contribution in [2.45, 2.75) is 13.8 Å². The summed E-state index contributed by atoms with van der Waals surface area (Å²) in [5.74, 6) is 0.215. The number of hydrogen-bond donors (Lipinski definition) is 1. The fourth-order valence-electron chi connectivity index (χ4n) is 0.400. The topological polar surface area (TPSA) is 50.2 Å². The molecule has 0 heterocycles. The predicted molar refractivity (Wildman–Crippen MR) is 51.1 cm³/mol. The molecule has 1 N–H and O–H groups in total. The second-order valence-electron chi connectivity index (χ2n) is 1.48. The molecule has 0 aromatic carbocycles. The van der Waals surface area contributed by atoms with E-state index in [-0.39, 0.29) is 25.3 Å². The maximum Gasteiger partial charge on any atom is 1.00 e. The molecular weight excluding hydrogens is 226 g/mol. The van der Waals surface area contributed by atoms with Crippen LogP contribution in [0.25, 0.3) is 0 Å². The lowest BCUT2D eigenvalue weighted by atomic mass is 10.7. The van der Waals surface area contributed by atoms with Crippen LogP contribution in [0.3, 0.4) is 0 Å². The third-order valence-corrected chi connectivity index (χ3v) is 1.49. The largest absolute Gasteiger partial charge is 1.00 e. The molecule has 0 saturated carbocycles. The molecule has 14 heavy (non-hydrogen) atoms. The highest BCUT2D eigenvalue weighted by molar-refractivity contribution is 8.15. The van der Waals surface area contributed by atoms with Gasteiger partial charge in [-0.2, -0.15) is 0 Å². The number of halogens is 4. The van der Waals surface area contributed by atoms with Crippen LogP contribution < -0.4 is 4.70 Å². The van der Waals surface area contributed by atoms with E-state index in [0.717, 1.165) is 5.75 Å². The molecule has 0 rings (SSSR count). The smallest absolute Gasteiger partial charge is 1.00 e. The van der Waals surface area contributed by atoms with Crippen molar-refractivity contribution in [1.29, 1.82) is 5.41 Å². The highest BCUT2D eigenvalue weighted by Crippen LogP contribution is 2.01. The SMILES string of the molecule is CCOC(=O)C(=N)SCC.F.F.F.[F-].[H+]. The zero-order valence-electron chi connectivity index (χ0n) is 8.74. The van der Waals surface area contributed by atoms with E-state index in [1.807, 2.05) is 6.92 Å². The van der Waals surface area contributed by atoms with Crippen LogP contribution in [0, 0.1) is 5.41 Å². The van der Waals surface area contributed by atoms with Crippen LogP contribution in [-0.2, 0) is 9.53 Å². The molecule has 0 fully saturated rings. The van der Waals surface area contributed by atoms with Crippen molar-refractivity contribution in [1.82, 2.24) is 0 Å². The number of carbonyl (C=O) groups is 1. The number of rotatable bonds is 2. The van der Waals surface area contributed by atoms with Crippen LogP contribution >= 0.6 is 11.8 Å². The maximum atomic E-state index is 10.7. The average molecular weight is 241 g/mol. The van der Waals surface area contributed by atoms with Gasteiger partial charge in [-0.25, -0.2) is 4.79 Å².